The maximum atomic E-state index is 13.6. The molecule has 0 saturated carbocycles. The number of nitrogens with zero attached hydrogens (tertiary/aromatic N) is 2. The summed E-state index contributed by atoms with van der Waals surface area (Å²) in [5.41, 5.74) is 0.388. The van der Waals surface area contributed by atoms with Gasteiger partial charge in [0.2, 0.25) is 15.9 Å². The van der Waals surface area contributed by atoms with E-state index in [0.717, 1.165) is 10.6 Å². The summed E-state index contributed by atoms with van der Waals surface area (Å²) in [4.78, 5) is 12.0. The van der Waals surface area contributed by atoms with Crippen LogP contribution in [0.5, 0.6) is 0 Å². The first-order valence-corrected chi connectivity index (χ1v) is 9.02. The maximum absolute atomic E-state index is 13.6. The van der Waals surface area contributed by atoms with Gasteiger partial charge in [0.1, 0.15) is 11.6 Å². The number of halogens is 1. The number of hydrogen-bond donors (Lipinski definition) is 1. The Morgan fingerprint density at radius 3 is 2.67 bits per heavy atom. The third-order valence-electron chi connectivity index (χ3n) is 3.27. The molecule has 0 atom stereocenters. The minimum atomic E-state index is -3.62. The molecule has 0 saturated heterocycles. The van der Waals surface area contributed by atoms with Crippen LogP contribution in [0.2, 0.25) is 0 Å². The van der Waals surface area contributed by atoms with Gasteiger partial charge < -0.3 is 9.84 Å². The standard InChI is InChI=1S/C15H18FN3O4S/c1-11-9-14(18-23-11)17-15(20)10-19(24(2,21)22)8-7-12-5-3-4-6-13(12)16/h3-6,9H,7-8,10H2,1-2H3,(H,17,18,20). The molecule has 1 aromatic carbocycles. The Balaban J connectivity index is 2.01. The van der Waals surface area contributed by atoms with Crippen LogP contribution >= 0.6 is 0 Å². The zero-order valence-corrected chi connectivity index (χ0v) is 14.1. The lowest BCUT2D eigenvalue weighted by atomic mass is 10.1. The first-order chi connectivity index (χ1) is 11.3. The number of aromatic nitrogens is 1. The predicted molar refractivity (Wildman–Crippen MR) is 86.4 cm³/mol. The molecule has 1 amide bonds. The van der Waals surface area contributed by atoms with E-state index in [1.807, 2.05) is 0 Å². The maximum Gasteiger partial charge on any atom is 0.240 e. The quantitative estimate of drug-likeness (QED) is 0.814. The first-order valence-electron chi connectivity index (χ1n) is 7.17. The topological polar surface area (TPSA) is 92.5 Å². The van der Waals surface area contributed by atoms with Crippen LogP contribution in [0, 0.1) is 12.7 Å². The molecule has 1 aromatic heterocycles. The molecule has 2 rings (SSSR count). The van der Waals surface area contributed by atoms with Crippen molar-refractivity contribution < 1.29 is 22.1 Å². The van der Waals surface area contributed by atoms with Crippen LogP contribution in [0.4, 0.5) is 10.2 Å². The Morgan fingerprint density at radius 1 is 1.38 bits per heavy atom. The van der Waals surface area contributed by atoms with E-state index in [2.05, 4.69) is 10.5 Å². The molecular formula is C15H18FN3O4S. The monoisotopic (exact) mass is 355 g/mol. The number of anilines is 1. The van der Waals surface area contributed by atoms with Gasteiger partial charge in [0, 0.05) is 12.6 Å². The van der Waals surface area contributed by atoms with Gasteiger partial charge in [-0.2, -0.15) is 4.31 Å². The van der Waals surface area contributed by atoms with E-state index in [9.17, 15) is 17.6 Å². The fourth-order valence-electron chi connectivity index (χ4n) is 2.08. The fourth-order valence-corrected chi connectivity index (χ4v) is 2.85. The average Bonchev–Trinajstić information content (AvgIpc) is 2.89. The van der Waals surface area contributed by atoms with Crippen molar-refractivity contribution in [3.63, 3.8) is 0 Å². The Hall–Kier alpha value is -2.26. The fraction of sp³-hybridized carbons (Fsp3) is 0.333. The molecule has 9 heteroatoms. The van der Waals surface area contributed by atoms with Gasteiger partial charge in [0.25, 0.3) is 0 Å². The SMILES string of the molecule is Cc1cc(NC(=O)CN(CCc2ccccc2F)S(C)(=O)=O)no1. The van der Waals surface area contributed by atoms with E-state index < -0.39 is 21.7 Å². The minimum Gasteiger partial charge on any atom is -0.360 e. The van der Waals surface area contributed by atoms with Gasteiger partial charge in [-0.1, -0.05) is 23.4 Å². The van der Waals surface area contributed by atoms with E-state index in [1.165, 1.54) is 12.1 Å². The summed E-state index contributed by atoms with van der Waals surface area (Å²) in [6.07, 6.45) is 1.16. The van der Waals surface area contributed by atoms with Crippen LogP contribution in [0.25, 0.3) is 0 Å². The van der Waals surface area contributed by atoms with Crippen molar-refractivity contribution >= 4 is 21.7 Å². The molecule has 0 bridgehead atoms. The molecule has 0 aliphatic carbocycles. The highest BCUT2D eigenvalue weighted by molar-refractivity contribution is 7.88. The van der Waals surface area contributed by atoms with Crippen LogP contribution in [0.15, 0.2) is 34.9 Å². The number of aryl methyl sites for hydroxylation is 1. The van der Waals surface area contributed by atoms with Gasteiger partial charge in [-0.05, 0) is 25.0 Å². The van der Waals surface area contributed by atoms with Crippen LogP contribution < -0.4 is 5.32 Å². The van der Waals surface area contributed by atoms with Crippen molar-refractivity contribution in [2.75, 3.05) is 24.7 Å². The molecule has 0 radical (unpaired) electrons. The number of carbonyl (C=O) groups excluding carboxylic acids is 1. The second-order valence-electron chi connectivity index (χ2n) is 5.31. The Morgan fingerprint density at radius 2 is 2.08 bits per heavy atom. The van der Waals surface area contributed by atoms with E-state index >= 15 is 0 Å². The third kappa shape index (κ3) is 5.14. The van der Waals surface area contributed by atoms with Gasteiger partial charge >= 0.3 is 0 Å². The van der Waals surface area contributed by atoms with Crippen LogP contribution in [0.1, 0.15) is 11.3 Å². The zero-order valence-electron chi connectivity index (χ0n) is 13.3. The van der Waals surface area contributed by atoms with Crippen molar-refractivity contribution in [1.82, 2.24) is 9.46 Å². The van der Waals surface area contributed by atoms with Gasteiger partial charge in [0.05, 0.1) is 12.8 Å². The number of amides is 1. The predicted octanol–water partition coefficient (Wildman–Crippen LogP) is 1.56. The van der Waals surface area contributed by atoms with Gasteiger partial charge in [-0.15, -0.1) is 0 Å². The summed E-state index contributed by atoms with van der Waals surface area (Å²) in [6, 6.07) is 7.62. The highest BCUT2D eigenvalue weighted by Gasteiger charge is 2.21. The number of sulfonamides is 1. The highest BCUT2D eigenvalue weighted by atomic mass is 32.2. The summed E-state index contributed by atoms with van der Waals surface area (Å²) in [5, 5.41) is 6.06. The smallest absolute Gasteiger partial charge is 0.240 e. The van der Waals surface area contributed by atoms with Crippen LogP contribution in [0.3, 0.4) is 0 Å². The summed E-state index contributed by atoms with van der Waals surface area (Å²) in [5.74, 6) is -0.236. The molecule has 0 aliphatic rings. The molecule has 24 heavy (non-hydrogen) atoms. The number of rotatable bonds is 7. The average molecular weight is 355 g/mol. The Bertz CT molecular complexity index is 820. The van der Waals surface area contributed by atoms with Crippen LogP contribution in [-0.4, -0.2) is 43.1 Å². The Kier molecular flexibility index (Phi) is 5.68. The normalized spacial score (nSPS) is 11.7. The van der Waals surface area contributed by atoms with Crippen molar-refractivity contribution in [2.24, 2.45) is 0 Å². The van der Waals surface area contributed by atoms with Gasteiger partial charge in [-0.3, -0.25) is 4.79 Å². The molecule has 0 fully saturated rings. The number of carbonyl (C=O) groups is 1. The lowest BCUT2D eigenvalue weighted by Gasteiger charge is -2.19. The molecule has 0 spiro atoms. The van der Waals surface area contributed by atoms with Crippen molar-refractivity contribution in [3.8, 4) is 0 Å². The second kappa shape index (κ2) is 7.54. The van der Waals surface area contributed by atoms with Crippen molar-refractivity contribution in [1.29, 1.82) is 0 Å². The second-order valence-corrected chi connectivity index (χ2v) is 7.29. The van der Waals surface area contributed by atoms with E-state index in [4.69, 9.17) is 4.52 Å². The number of hydrogen-bond acceptors (Lipinski definition) is 5. The third-order valence-corrected chi connectivity index (χ3v) is 4.52. The number of benzene rings is 1. The molecule has 1 heterocycles. The molecule has 0 aliphatic heterocycles. The van der Waals surface area contributed by atoms with Gasteiger partial charge in [0.15, 0.2) is 5.82 Å². The van der Waals surface area contributed by atoms with E-state index in [-0.39, 0.29) is 25.3 Å². The lowest BCUT2D eigenvalue weighted by molar-refractivity contribution is -0.116. The highest BCUT2D eigenvalue weighted by Crippen LogP contribution is 2.10. The zero-order chi connectivity index (χ0) is 17.7. The first kappa shape index (κ1) is 18.1. The van der Waals surface area contributed by atoms with Crippen molar-refractivity contribution in [2.45, 2.75) is 13.3 Å². The summed E-state index contributed by atoms with van der Waals surface area (Å²) in [6.45, 7) is 1.27. The summed E-state index contributed by atoms with van der Waals surface area (Å²) >= 11 is 0. The van der Waals surface area contributed by atoms with E-state index in [0.29, 0.717) is 11.3 Å². The molecule has 130 valence electrons. The molecule has 1 N–H and O–H groups in total. The van der Waals surface area contributed by atoms with Crippen LogP contribution in [-0.2, 0) is 21.2 Å². The van der Waals surface area contributed by atoms with E-state index in [1.54, 1.807) is 25.1 Å². The minimum absolute atomic E-state index is 0.00890. The number of nitrogens with one attached hydrogen (secondary N) is 1. The Labute approximate surface area is 139 Å². The lowest BCUT2D eigenvalue weighted by Crippen LogP contribution is -2.38. The molecular weight excluding hydrogens is 337 g/mol. The molecule has 0 unspecified atom stereocenters. The largest absolute Gasteiger partial charge is 0.360 e. The molecule has 7 nitrogen and oxygen atoms in total. The van der Waals surface area contributed by atoms with Gasteiger partial charge in [-0.25, -0.2) is 12.8 Å². The molecule has 2 aromatic rings. The summed E-state index contributed by atoms with van der Waals surface area (Å²) in [7, 11) is -3.62. The summed E-state index contributed by atoms with van der Waals surface area (Å²) < 4.78 is 43.1. The van der Waals surface area contributed by atoms with Crippen molar-refractivity contribution in [3.05, 3.63) is 47.5 Å².